The van der Waals surface area contributed by atoms with Crippen molar-refractivity contribution in [1.82, 2.24) is 4.90 Å². The second-order valence-electron chi connectivity index (χ2n) is 8.30. The maximum absolute atomic E-state index is 13.6. The van der Waals surface area contributed by atoms with Crippen LogP contribution in [0.25, 0.3) is 10.8 Å². The van der Waals surface area contributed by atoms with E-state index in [4.69, 9.17) is 16.6 Å². The average molecular weight is 417 g/mol. The Balaban J connectivity index is 1.37. The highest BCUT2D eigenvalue weighted by molar-refractivity contribution is 6.30. The molecule has 2 aliphatic rings. The molecule has 1 fully saturated rings. The highest BCUT2D eigenvalue weighted by Crippen LogP contribution is 2.41. The number of amidine groups is 1. The van der Waals surface area contributed by atoms with Gasteiger partial charge >= 0.3 is 0 Å². The Kier molecular flexibility index (Phi) is 5.30. The third kappa shape index (κ3) is 3.63. The summed E-state index contributed by atoms with van der Waals surface area (Å²) in [5, 5.41) is 3.20. The zero-order valence-corrected chi connectivity index (χ0v) is 17.7. The molecule has 152 valence electrons. The first-order valence-corrected chi connectivity index (χ1v) is 11.2. The first-order valence-electron chi connectivity index (χ1n) is 10.8. The molecule has 0 saturated heterocycles. The van der Waals surface area contributed by atoms with E-state index in [-0.39, 0.29) is 17.7 Å². The van der Waals surface area contributed by atoms with Gasteiger partial charge < -0.3 is 0 Å². The molecule has 0 aromatic heterocycles. The van der Waals surface area contributed by atoms with Crippen molar-refractivity contribution in [3.63, 3.8) is 0 Å². The number of carbonyl (C=O) groups excluding carboxylic acids is 1. The number of benzene rings is 3. The minimum Gasteiger partial charge on any atom is -0.298 e. The number of hydrogen-bond acceptors (Lipinski definition) is 2. The Morgan fingerprint density at radius 2 is 1.80 bits per heavy atom. The highest BCUT2D eigenvalue weighted by Gasteiger charge is 2.38. The van der Waals surface area contributed by atoms with E-state index in [1.807, 2.05) is 17.0 Å². The van der Waals surface area contributed by atoms with E-state index < -0.39 is 0 Å². The van der Waals surface area contributed by atoms with E-state index in [0.717, 1.165) is 30.1 Å². The summed E-state index contributed by atoms with van der Waals surface area (Å²) in [6.45, 7) is 1.40. The molecule has 1 aliphatic heterocycles. The van der Waals surface area contributed by atoms with Gasteiger partial charge in [0.2, 0.25) is 5.91 Å². The molecule has 0 unspecified atom stereocenters. The number of nitrogens with zero attached hydrogens (tertiary/aromatic N) is 2. The summed E-state index contributed by atoms with van der Waals surface area (Å²) in [5.74, 6) is 1.46. The van der Waals surface area contributed by atoms with Gasteiger partial charge in [-0.25, -0.2) is 0 Å². The van der Waals surface area contributed by atoms with Crippen LogP contribution >= 0.6 is 11.6 Å². The fraction of sp³-hybridized carbons (Fsp3) is 0.308. The molecule has 1 aliphatic carbocycles. The Morgan fingerprint density at radius 1 is 1.00 bits per heavy atom. The quantitative estimate of drug-likeness (QED) is 0.524. The monoisotopic (exact) mass is 416 g/mol. The van der Waals surface area contributed by atoms with Crippen LogP contribution < -0.4 is 0 Å². The van der Waals surface area contributed by atoms with Gasteiger partial charge in [0.15, 0.2) is 0 Å². The van der Waals surface area contributed by atoms with Gasteiger partial charge in [0, 0.05) is 23.9 Å². The first-order chi connectivity index (χ1) is 14.7. The molecule has 3 nitrogen and oxygen atoms in total. The number of hydrogen-bond donors (Lipinski definition) is 0. The van der Waals surface area contributed by atoms with Gasteiger partial charge in [-0.2, -0.15) is 0 Å². The standard InChI is InChI=1S/C26H25ClN2O/c27-21-13-11-19(12-14-21)23-9-4-10-24(23)26(30)29-16-15-28-25(29)17-20-7-3-6-18-5-1-2-8-22(18)20/h1-3,5-8,11-14,23-24H,4,9-10,15-17H2/t23-,24+/m1/s1. The smallest absolute Gasteiger partial charge is 0.231 e. The summed E-state index contributed by atoms with van der Waals surface area (Å²) in [4.78, 5) is 20.3. The normalized spacial score (nSPS) is 21.2. The molecule has 4 heteroatoms. The minimum absolute atomic E-state index is 0.0296. The second kappa shape index (κ2) is 8.23. The van der Waals surface area contributed by atoms with Crippen molar-refractivity contribution in [3.8, 4) is 0 Å². The summed E-state index contributed by atoms with van der Waals surface area (Å²) in [5.41, 5.74) is 2.45. The van der Waals surface area contributed by atoms with Crippen LogP contribution in [0.1, 0.15) is 36.3 Å². The highest BCUT2D eigenvalue weighted by atomic mass is 35.5. The number of rotatable bonds is 4. The maximum atomic E-state index is 13.6. The lowest BCUT2D eigenvalue weighted by Crippen LogP contribution is -2.40. The van der Waals surface area contributed by atoms with Gasteiger partial charge in [0.05, 0.1) is 6.54 Å². The van der Waals surface area contributed by atoms with Crippen molar-refractivity contribution in [2.24, 2.45) is 10.9 Å². The van der Waals surface area contributed by atoms with E-state index in [9.17, 15) is 4.79 Å². The van der Waals surface area contributed by atoms with Gasteiger partial charge in [-0.1, -0.05) is 72.6 Å². The third-order valence-corrected chi connectivity index (χ3v) is 6.81. The average Bonchev–Trinajstić information content (AvgIpc) is 3.44. The van der Waals surface area contributed by atoms with Crippen molar-refractivity contribution in [1.29, 1.82) is 0 Å². The summed E-state index contributed by atoms with van der Waals surface area (Å²) >= 11 is 6.07. The van der Waals surface area contributed by atoms with Crippen LogP contribution in [0, 0.1) is 5.92 Å². The molecular weight excluding hydrogens is 392 g/mol. The summed E-state index contributed by atoms with van der Waals surface area (Å²) in [7, 11) is 0. The van der Waals surface area contributed by atoms with Gasteiger partial charge in [-0.05, 0) is 52.8 Å². The number of carbonyl (C=O) groups is 1. The molecule has 1 amide bonds. The molecular formula is C26H25ClN2O. The predicted molar refractivity (Wildman–Crippen MR) is 123 cm³/mol. The zero-order valence-electron chi connectivity index (χ0n) is 16.9. The van der Waals surface area contributed by atoms with Gasteiger partial charge in [-0.15, -0.1) is 0 Å². The Bertz CT molecular complexity index is 1100. The van der Waals surface area contributed by atoms with Crippen molar-refractivity contribution in [2.75, 3.05) is 13.1 Å². The van der Waals surface area contributed by atoms with Gasteiger partial charge in [0.25, 0.3) is 0 Å². The molecule has 5 rings (SSSR count). The van der Waals surface area contributed by atoms with Crippen LogP contribution in [0.2, 0.25) is 5.02 Å². The van der Waals surface area contributed by atoms with Crippen LogP contribution in [0.15, 0.2) is 71.7 Å². The Labute approximate surface area is 182 Å². The molecule has 0 spiro atoms. The molecule has 1 heterocycles. The largest absolute Gasteiger partial charge is 0.298 e. The van der Waals surface area contributed by atoms with E-state index in [0.29, 0.717) is 19.5 Å². The van der Waals surface area contributed by atoms with Gasteiger partial charge in [0.1, 0.15) is 5.84 Å². The van der Waals surface area contributed by atoms with Crippen LogP contribution in [0.5, 0.6) is 0 Å². The number of halogens is 1. The van der Waals surface area contributed by atoms with E-state index in [2.05, 4.69) is 54.6 Å². The maximum Gasteiger partial charge on any atom is 0.231 e. The first kappa shape index (κ1) is 19.3. The lowest BCUT2D eigenvalue weighted by atomic mass is 9.88. The van der Waals surface area contributed by atoms with Crippen molar-refractivity contribution >= 4 is 34.1 Å². The summed E-state index contributed by atoms with van der Waals surface area (Å²) in [6.07, 6.45) is 3.80. The lowest BCUT2D eigenvalue weighted by Gasteiger charge is -2.26. The van der Waals surface area contributed by atoms with Crippen LogP contribution in [0.3, 0.4) is 0 Å². The molecule has 2 atom stereocenters. The Morgan fingerprint density at radius 3 is 2.67 bits per heavy atom. The van der Waals surface area contributed by atoms with Crippen molar-refractivity contribution in [3.05, 3.63) is 82.9 Å². The Hall–Kier alpha value is -2.65. The summed E-state index contributed by atoms with van der Waals surface area (Å²) in [6, 6.07) is 22.8. The van der Waals surface area contributed by atoms with Crippen LogP contribution in [-0.4, -0.2) is 29.7 Å². The molecule has 0 radical (unpaired) electrons. The second-order valence-corrected chi connectivity index (χ2v) is 8.73. The zero-order chi connectivity index (χ0) is 20.5. The van der Waals surface area contributed by atoms with Crippen LogP contribution in [0.4, 0.5) is 0 Å². The molecule has 30 heavy (non-hydrogen) atoms. The van der Waals surface area contributed by atoms with Gasteiger partial charge in [-0.3, -0.25) is 14.7 Å². The topological polar surface area (TPSA) is 32.7 Å². The van der Waals surface area contributed by atoms with Crippen molar-refractivity contribution < 1.29 is 4.79 Å². The van der Waals surface area contributed by atoms with E-state index in [1.54, 1.807) is 0 Å². The molecule has 1 saturated carbocycles. The molecule has 0 bridgehead atoms. The number of fused-ring (bicyclic) bond motifs is 1. The summed E-state index contributed by atoms with van der Waals surface area (Å²) < 4.78 is 0. The fourth-order valence-electron chi connectivity index (χ4n) is 5.06. The van der Waals surface area contributed by atoms with E-state index >= 15 is 0 Å². The third-order valence-electron chi connectivity index (χ3n) is 6.56. The lowest BCUT2D eigenvalue weighted by molar-refractivity contribution is -0.131. The SMILES string of the molecule is O=C([C@H]1CCC[C@@H]1c1ccc(Cl)cc1)N1CCN=C1Cc1cccc2ccccc12. The molecule has 0 N–H and O–H groups in total. The molecule has 3 aromatic rings. The predicted octanol–water partition coefficient (Wildman–Crippen LogP) is 5.86. The fourth-order valence-corrected chi connectivity index (χ4v) is 5.19. The number of aliphatic imine (C=N–C) groups is 1. The van der Waals surface area contributed by atoms with Crippen LogP contribution in [-0.2, 0) is 11.2 Å². The minimum atomic E-state index is 0.0296. The van der Waals surface area contributed by atoms with Crippen molar-refractivity contribution in [2.45, 2.75) is 31.6 Å². The van der Waals surface area contributed by atoms with E-state index in [1.165, 1.54) is 21.9 Å². The number of amides is 1. The molecule has 3 aromatic carbocycles.